The van der Waals surface area contributed by atoms with Crippen molar-refractivity contribution in [3.05, 3.63) is 29.8 Å². The first kappa shape index (κ1) is 28.7. The van der Waals surface area contributed by atoms with Crippen molar-refractivity contribution >= 4 is 19.7 Å². The third-order valence-electron chi connectivity index (χ3n) is 5.84. The van der Waals surface area contributed by atoms with Gasteiger partial charge in [-0.2, -0.15) is 0 Å². The van der Waals surface area contributed by atoms with Crippen molar-refractivity contribution in [1.82, 2.24) is 0 Å². The first-order valence-corrected chi connectivity index (χ1v) is 16.7. The number of aliphatic hydroxyl groups is 1. The number of hydrogen-bond donors (Lipinski definition) is 2. The molecule has 32 heavy (non-hydrogen) atoms. The number of ether oxygens (including phenoxy) is 1. The zero-order valence-electron chi connectivity index (χ0n) is 21.1. The van der Waals surface area contributed by atoms with Gasteiger partial charge in [-0.25, -0.2) is 4.79 Å². The molecular formula is C27H49NO3Si. The molecule has 4 nitrogen and oxygen atoms in total. The van der Waals surface area contributed by atoms with E-state index in [1.807, 2.05) is 12.1 Å². The van der Waals surface area contributed by atoms with E-state index in [0.29, 0.717) is 12.0 Å². The predicted molar refractivity (Wildman–Crippen MR) is 140 cm³/mol. The quantitative estimate of drug-likeness (QED) is 0.118. The van der Waals surface area contributed by atoms with Crippen molar-refractivity contribution in [2.75, 3.05) is 25.1 Å². The van der Waals surface area contributed by atoms with Crippen LogP contribution in [0.4, 0.5) is 5.69 Å². The molecule has 0 bridgehead atoms. The van der Waals surface area contributed by atoms with Crippen LogP contribution in [0.1, 0.15) is 93.8 Å². The molecule has 1 rings (SSSR count). The number of benzene rings is 1. The van der Waals surface area contributed by atoms with Gasteiger partial charge in [-0.15, -0.1) is 0 Å². The standard InChI is InChI=1S/C27H49NO3Si/c1-32(2,3)24-15-13-11-9-7-5-4-6-8-10-12-14-21-28-26-19-17-25(18-20-26)27(30)31-23-16-22-29/h17-20,28-29H,4-16,21-24H2,1-3H3. The molecule has 0 amide bonds. The molecule has 0 unspecified atom stereocenters. The Labute approximate surface area is 198 Å². The number of rotatable bonds is 20. The van der Waals surface area contributed by atoms with E-state index in [2.05, 4.69) is 25.0 Å². The fourth-order valence-corrected chi connectivity index (χ4v) is 5.13. The highest BCUT2D eigenvalue weighted by molar-refractivity contribution is 6.76. The van der Waals surface area contributed by atoms with E-state index in [0.717, 1.165) is 12.2 Å². The highest BCUT2D eigenvalue weighted by Gasteiger charge is 2.11. The number of esters is 1. The fourth-order valence-electron chi connectivity index (χ4n) is 3.82. The third-order valence-corrected chi connectivity index (χ3v) is 7.69. The normalized spacial score (nSPS) is 11.5. The maximum Gasteiger partial charge on any atom is 0.338 e. The zero-order chi connectivity index (χ0) is 23.5. The van der Waals surface area contributed by atoms with Crippen LogP contribution >= 0.6 is 0 Å². The van der Waals surface area contributed by atoms with Gasteiger partial charge >= 0.3 is 5.97 Å². The van der Waals surface area contributed by atoms with E-state index in [-0.39, 0.29) is 19.2 Å². The molecule has 0 aliphatic rings. The van der Waals surface area contributed by atoms with Crippen molar-refractivity contribution in [3.63, 3.8) is 0 Å². The summed E-state index contributed by atoms with van der Waals surface area (Å²) in [5, 5.41) is 12.2. The van der Waals surface area contributed by atoms with Gasteiger partial charge in [-0.05, 0) is 30.7 Å². The van der Waals surface area contributed by atoms with Gasteiger partial charge in [-0.1, -0.05) is 96.3 Å². The summed E-state index contributed by atoms with van der Waals surface area (Å²) in [6.07, 6.45) is 17.0. The van der Waals surface area contributed by atoms with Crippen LogP contribution in [0, 0.1) is 0 Å². The molecule has 2 N–H and O–H groups in total. The number of carbonyl (C=O) groups is 1. The second-order valence-electron chi connectivity index (χ2n) is 10.3. The maximum absolute atomic E-state index is 11.8. The van der Waals surface area contributed by atoms with E-state index in [1.54, 1.807) is 12.1 Å². The Morgan fingerprint density at radius 3 is 1.78 bits per heavy atom. The van der Waals surface area contributed by atoms with Crippen molar-refractivity contribution in [1.29, 1.82) is 0 Å². The summed E-state index contributed by atoms with van der Waals surface area (Å²) >= 11 is 0. The first-order chi connectivity index (χ1) is 15.4. The minimum absolute atomic E-state index is 0.0369. The van der Waals surface area contributed by atoms with Crippen molar-refractivity contribution in [3.8, 4) is 0 Å². The number of anilines is 1. The Hall–Kier alpha value is -1.33. The van der Waals surface area contributed by atoms with Crippen LogP contribution in [0.25, 0.3) is 0 Å². The number of carbonyl (C=O) groups excluding carboxylic acids is 1. The molecule has 0 radical (unpaired) electrons. The fraction of sp³-hybridized carbons (Fsp3) is 0.741. The van der Waals surface area contributed by atoms with Gasteiger partial charge in [0.05, 0.1) is 12.2 Å². The lowest BCUT2D eigenvalue weighted by molar-refractivity contribution is 0.0482. The second-order valence-corrected chi connectivity index (χ2v) is 15.9. The van der Waals surface area contributed by atoms with Gasteiger partial charge in [0.1, 0.15) is 0 Å². The summed E-state index contributed by atoms with van der Waals surface area (Å²) in [5.74, 6) is -0.331. The van der Waals surface area contributed by atoms with Crippen LogP contribution in [0.15, 0.2) is 24.3 Å². The van der Waals surface area contributed by atoms with Gasteiger partial charge in [0, 0.05) is 33.3 Å². The first-order valence-electron chi connectivity index (χ1n) is 13.0. The number of nitrogens with one attached hydrogen (secondary N) is 1. The lowest BCUT2D eigenvalue weighted by Crippen LogP contribution is -2.18. The van der Waals surface area contributed by atoms with Crippen molar-refractivity contribution < 1.29 is 14.6 Å². The molecule has 5 heteroatoms. The molecule has 1 aromatic rings. The largest absolute Gasteiger partial charge is 0.462 e. The van der Waals surface area contributed by atoms with Crippen LogP contribution < -0.4 is 5.32 Å². The Kier molecular flexibility index (Phi) is 16.3. The lowest BCUT2D eigenvalue weighted by atomic mass is 10.1. The smallest absolute Gasteiger partial charge is 0.338 e. The van der Waals surface area contributed by atoms with Gasteiger partial charge < -0.3 is 15.2 Å². The summed E-state index contributed by atoms with van der Waals surface area (Å²) in [6, 6.07) is 8.93. The molecule has 0 aliphatic heterocycles. The Morgan fingerprint density at radius 1 is 0.781 bits per heavy atom. The van der Waals surface area contributed by atoms with Crippen molar-refractivity contribution in [2.24, 2.45) is 0 Å². The molecule has 184 valence electrons. The Bertz CT molecular complexity index is 584. The Balaban J connectivity index is 1.90. The summed E-state index contributed by atoms with van der Waals surface area (Å²) in [4.78, 5) is 11.8. The summed E-state index contributed by atoms with van der Waals surface area (Å²) in [7, 11) is -0.814. The zero-order valence-corrected chi connectivity index (χ0v) is 22.1. The molecule has 0 aliphatic carbocycles. The van der Waals surface area contributed by atoms with Crippen LogP contribution in [0.5, 0.6) is 0 Å². The molecule has 0 spiro atoms. The van der Waals surface area contributed by atoms with Gasteiger partial charge in [0.15, 0.2) is 0 Å². The van der Waals surface area contributed by atoms with E-state index in [4.69, 9.17) is 9.84 Å². The predicted octanol–water partition coefficient (Wildman–Crippen LogP) is 7.66. The SMILES string of the molecule is C[Si](C)(C)CCCCCCCCCCCCCCNc1ccc(C(=O)OCCCO)cc1. The molecule has 0 heterocycles. The van der Waals surface area contributed by atoms with Crippen molar-refractivity contribution in [2.45, 2.75) is 109 Å². The summed E-state index contributed by atoms with van der Waals surface area (Å²) < 4.78 is 5.09. The number of unbranched alkanes of at least 4 members (excludes halogenated alkanes) is 11. The number of hydrogen-bond acceptors (Lipinski definition) is 4. The van der Waals surface area contributed by atoms with Gasteiger partial charge in [-0.3, -0.25) is 0 Å². The van der Waals surface area contributed by atoms with Crippen LogP contribution in [-0.4, -0.2) is 38.9 Å². The van der Waals surface area contributed by atoms with E-state index < -0.39 is 8.07 Å². The lowest BCUT2D eigenvalue weighted by Gasteiger charge is -2.14. The maximum atomic E-state index is 11.8. The minimum atomic E-state index is -0.814. The molecular weight excluding hydrogens is 414 g/mol. The van der Waals surface area contributed by atoms with E-state index >= 15 is 0 Å². The average Bonchev–Trinajstić information content (AvgIpc) is 2.76. The van der Waals surface area contributed by atoms with E-state index in [1.165, 1.54) is 83.1 Å². The highest BCUT2D eigenvalue weighted by atomic mass is 28.3. The molecule has 0 saturated heterocycles. The number of aliphatic hydroxyl groups excluding tert-OH is 1. The second kappa shape index (κ2) is 18.1. The Morgan fingerprint density at radius 2 is 1.28 bits per heavy atom. The van der Waals surface area contributed by atoms with E-state index in [9.17, 15) is 4.79 Å². The van der Waals surface area contributed by atoms with Crippen LogP contribution in [-0.2, 0) is 4.74 Å². The average molecular weight is 464 g/mol. The highest BCUT2D eigenvalue weighted by Crippen LogP contribution is 2.17. The topological polar surface area (TPSA) is 58.6 Å². The minimum Gasteiger partial charge on any atom is -0.462 e. The summed E-state index contributed by atoms with van der Waals surface area (Å²) in [6.45, 7) is 8.70. The monoisotopic (exact) mass is 463 g/mol. The third kappa shape index (κ3) is 16.3. The molecule has 0 atom stereocenters. The molecule has 0 aromatic heterocycles. The van der Waals surface area contributed by atoms with Crippen LogP contribution in [0.3, 0.4) is 0 Å². The van der Waals surface area contributed by atoms with Gasteiger partial charge in [0.25, 0.3) is 0 Å². The van der Waals surface area contributed by atoms with Crippen LogP contribution in [0.2, 0.25) is 25.7 Å². The molecule has 0 fully saturated rings. The summed E-state index contributed by atoms with van der Waals surface area (Å²) in [5.41, 5.74) is 1.59. The van der Waals surface area contributed by atoms with Gasteiger partial charge in [0.2, 0.25) is 0 Å². The molecule has 1 aromatic carbocycles. The molecule has 0 saturated carbocycles.